The standard InChI is InChI=1S/C14H10F2O3/c1-8-5-6-9(14(17)18)12(7-8)19-11-4-2-3-10(15)13(11)16/h2-7H,1H3,(H,17,18). The van der Waals surface area contributed by atoms with Crippen molar-refractivity contribution in [2.24, 2.45) is 0 Å². The van der Waals surface area contributed by atoms with Crippen LogP contribution in [-0.2, 0) is 0 Å². The van der Waals surface area contributed by atoms with Gasteiger partial charge in [0.05, 0.1) is 0 Å². The lowest BCUT2D eigenvalue weighted by molar-refractivity contribution is 0.0694. The minimum Gasteiger partial charge on any atom is -0.478 e. The molecule has 0 amide bonds. The maximum absolute atomic E-state index is 13.5. The van der Waals surface area contributed by atoms with E-state index in [1.807, 2.05) is 0 Å². The summed E-state index contributed by atoms with van der Waals surface area (Å²) in [5.41, 5.74) is 0.631. The van der Waals surface area contributed by atoms with Gasteiger partial charge in [-0.1, -0.05) is 12.1 Å². The molecule has 0 atom stereocenters. The molecule has 0 aliphatic rings. The Balaban J connectivity index is 2.45. The van der Waals surface area contributed by atoms with Gasteiger partial charge in [0.25, 0.3) is 0 Å². The molecule has 19 heavy (non-hydrogen) atoms. The largest absolute Gasteiger partial charge is 0.478 e. The van der Waals surface area contributed by atoms with Gasteiger partial charge in [-0.25, -0.2) is 9.18 Å². The van der Waals surface area contributed by atoms with Crippen molar-refractivity contribution in [2.45, 2.75) is 6.92 Å². The van der Waals surface area contributed by atoms with Crippen molar-refractivity contribution in [3.05, 3.63) is 59.2 Å². The molecule has 2 aromatic rings. The number of carboxylic acids is 1. The second-order valence-electron chi connectivity index (χ2n) is 3.96. The Labute approximate surface area is 108 Å². The number of carboxylic acid groups (broad SMARTS) is 1. The summed E-state index contributed by atoms with van der Waals surface area (Å²) in [4.78, 5) is 11.0. The first-order valence-corrected chi connectivity index (χ1v) is 5.45. The number of aromatic carboxylic acids is 1. The van der Waals surface area contributed by atoms with E-state index in [9.17, 15) is 13.6 Å². The molecule has 5 heteroatoms. The Morgan fingerprint density at radius 2 is 1.89 bits per heavy atom. The normalized spacial score (nSPS) is 10.3. The molecule has 0 bridgehead atoms. The minimum atomic E-state index is -1.20. The van der Waals surface area contributed by atoms with Crippen LogP contribution in [0.4, 0.5) is 8.78 Å². The van der Waals surface area contributed by atoms with Crippen LogP contribution in [0, 0.1) is 18.6 Å². The van der Waals surface area contributed by atoms with E-state index in [1.54, 1.807) is 13.0 Å². The molecule has 0 fully saturated rings. The predicted octanol–water partition coefficient (Wildman–Crippen LogP) is 3.76. The van der Waals surface area contributed by atoms with E-state index in [-0.39, 0.29) is 17.1 Å². The van der Waals surface area contributed by atoms with Gasteiger partial charge in [-0.3, -0.25) is 0 Å². The summed E-state index contributed by atoms with van der Waals surface area (Å²) in [6.07, 6.45) is 0. The van der Waals surface area contributed by atoms with Gasteiger partial charge in [0.1, 0.15) is 11.3 Å². The van der Waals surface area contributed by atoms with E-state index >= 15 is 0 Å². The van der Waals surface area contributed by atoms with E-state index in [0.717, 1.165) is 11.6 Å². The summed E-state index contributed by atoms with van der Waals surface area (Å²) in [7, 11) is 0. The minimum absolute atomic E-state index is 0.0306. The topological polar surface area (TPSA) is 46.5 Å². The fourth-order valence-corrected chi connectivity index (χ4v) is 1.57. The van der Waals surface area contributed by atoms with E-state index in [0.29, 0.717) is 0 Å². The Morgan fingerprint density at radius 1 is 1.16 bits per heavy atom. The van der Waals surface area contributed by atoms with Gasteiger partial charge >= 0.3 is 5.97 Å². The number of aryl methyl sites for hydroxylation is 1. The quantitative estimate of drug-likeness (QED) is 0.918. The van der Waals surface area contributed by atoms with E-state index in [1.165, 1.54) is 24.3 Å². The van der Waals surface area contributed by atoms with Gasteiger partial charge in [-0.15, -0.1) is 0 Å². The maximum atomic E-state index is 13.5. The van der Waals surface area contributed by atoms with Crippen LogP contribution in [0.5, 0.6) is 11.5 Å². The Morgan fingerprint density at radius 3 is 2.58 bits per heavy atom. The van der Waals surface area contributed by atoms with Gasteiger partial charge in [0, 0.05) is 0 Å². The number of benzene rings is 2. The lowest BCUT2D eigenvalue weighted by Gasteiger charge is -2.10. The molecular weight excluding hydrogens is 254 g/mol. The third-order valence-electron chi connectivity index (χ3n) is 2.50. The molecule has 0 aliphatic carbocycles. The first kappa shape index (κ1) is 13.0. The summed E-state index contributed by atoms with van der Waals surface area (Å²) >= 11 is 0. The summed E-state index contributed by atoms with van der Waals surface area (Å²) in [6, 6.07) is 7.86. The van der Waals surface area contributed by atoms with Crippen LogP contribution < -0.4 is 4.74 Å². The van der Waals surface area contributed by atoms with Crippen LogP contribution in [0.15, 0.2) is 36.4 Å². The van der Waals surface area contributed by atoms with Crippen LogP contribution in [0.1, 0.15) is 15.9 Å². The fourth-order valence-electron chi connectivity index (χ4n) is 1.57. The average Bonchev–Trinajstić information content (AvgIpc) is 2.35. The highest BCUT2D eigenvalue weighted by molar-refractivity contribution is 5.91. The van der Waals surface area contributed by atoms with Crippen LogP contribution in [0.2, 0.25) is 0 Å². The molecule has 0 saturated heterocycles. The first-order valence-electron chi connectivity index (χ1n) is 5.45. The van der Waals surface area contributed by atoms with Crippen molar-refractivity contribution in [3.8, 4) is 11.5 Å². The predicted molar refractivity (Wildman–Crippen MR) is 64.6 cm³/mol. The molecule has 98 valence electrons. The zero-order valence-electron chi connectivity index (χ0n) is 9.98. The van der Waals surface area contributed by atoms with Crippen molar-refractivity contribution in [3.63, 3.8) is 0 Å². The Hall–Kier alpha value is -2.43. The lowest BCUT2D eigenvalue weighted by atomic mass is 10.1. The molecule has 0 aliphatic heterocycles. The molecule has 0 spiro atoms. The molecule has 0 radical (unpaired) electrons. The molecule has 0 saturated carbocycles. The number of ether oxygens (including phenoxy) is 1. The monoisotopic (exact) mass is 264 g/mol. The smallest absolute Gasteiger partial charge is 0.339 e. The molecule has 2 rings (SSSR count). The van der Waals surface area contributed by atoms with Crippen LogP contribution in [0.3, 0.4) is 0 Å². The second-order valence-corrected chi connectivity index (χ2v) is 3.96. The Bertz CT molecular complexity index is 639. The number of hydrogen-bond acceptors (Lipinski definition) is 2. The lowest BCUT2D eigenvalue weighted by Crippen LogP contribution is -2.01. The van der Waals surface area contributed by atoms with Crippen LogP contribution >= 0.6 is 0 Å². The zero-order chi connectivity index (χ0) is 14.0. The van der Waals surface area contributed by atoms with Crippen molar-refractivity contribution >= 4 is 5.97 Å². The van der Waals surface area contributed by atoms with Gasteiger partial charge < -0.3 is 9.84 Å². The molecule has 3 nitrogen and oxygen atoms in total. The molecule has 0 aromatic heterocycles. The van der Waals surface area contributed by atoms with E-state index < -0.39 is 17.6 Å². The van der Waals surface area contributed by atoms with Crippen molar-refractivity contribution in [1.29, 1.82) is 0 Å². The highest BCUT2D eigenvalue weighted by atomic mass is 19.2. The number of halogens is 2. The molecule has 0 unspecified atom stereocenters. The van der Waals surface area contributed by atoms with Gasteiger partial charge in [-0.05, 0) is 36.8 Å². The average molecular weight is 264 g/mol. The number of hydrogen-bond donors (Lipinski definition) is 1. The first-order chi connectivity index (χ1) is 8.99. The van der Waals surface area contributed by atoms with Gasteiger partial charge in [0.2, 0.25) is 5.82 Å². The second kappa shape index (κ2) is 5.06. The number of carbonyl (C=O) groups is 1. The van der Waals surface area contributed by atoms with E-state index in [2.05, 4.69) is 0 Å². The molecular formula is C14H10F2O3. The maximum Gasteiger partial charge on any atom is 0.339 e. The summed E-state index contributed by atoms with van der Waals surface area (Å²) in [5.74, 6) is -3.79. The summed E-state index contributed by atoms with van der Waals surface area (Å²) in [5, 5.41) is 9.01. The molecule has 1 N–H and O–H groups in total. The zero-order valence-corrected chi connectivity index (χ0v) is 9.98. The van der Waals surface area contributed by atoms with Gasteiger partial charge in [0.15, 0.2) is 11.6 Å². The highest BCUT2D eigenvalue weighted by Crippen LogP contribution is 2.29. The summed E-state index contributed by atoms with van der Waals surface area (Å²) in [6.45, 7) is 1.74. The van der Waals surface area contributed by atoms with Crippen LogP contribution in [0.25, 0.3) is 0 Å². The van der Waals surface area contributed by atoms with Crippen LogP contribution in [-0.4, -0.2) is 11.1 Å². The third kappa shape index (κ3) is 2.70. The molecule has 0 heterocycles. The van der Waals surface area contributed by atoms with Crippen molar-refractivity contribution < 1.29 is 23.4 Å². The summed E-state index contributed by atoms with van der Waals surface area (Å²) < 4.78 is 31.7. The van der Waals surface area contributed by atoms with Crippen molar-refractivity contribution in [2.75, 3.05) is 0 Å². The van der Waals surface area contributed by atoms with Crippen molar-refractivity contribution in [1.82, 2.24) is 0 Å². The number of rotatable bonds is 3. The highest BCUT2D eigenvalue weighted by Gasteiger charge is 2.15. The fraction of sp³-hybridized carbons (Fsp3) is 0.0714. The third-order valence-corrected chi connectivity index (χ3v) is 2.50. The van der Waals surface area contributed by atoms with E-state index in [4.69, 9.17) is 9.84 Å². The Kier molecular flexibility index (Phi) is 3.46. The molecule has 2 aromatic carbocycles. The SMILES string of the molecule is Cc1ccc(C(=O)O)c(Oc2cccc(F)c2F)c1. The van der Waals surface area contributed by atoms with Gasteiger partial charge in [-0.2, -0.15) is 4.39 Å².